The van der Waals surface area contributed by atoms with Crippen molar-refractivity contribution in [1.29, 1.82) is 0 Å². The maximum Gasteiger partial charge on any atom is -0.0272 e. The van der Waals surface area contributed by atoms with Crippen molar-refractivity contribution in [2.45, 2.75) is 58.8 Å². The lowest BCUT2D eigenvalue weighted by Gasteiger charge is -2.49. The van der Waals surface area contributed by atoms with Gasteiger partial charge in [-0.05, 0) is 36.5 Å². The maximum absolute atomic E-state index is 2.56. The van der Waals surface area contributed by atoms with Crippen LogP contribution in [0.3, 0.4) is 0 Å². The van der Waals surface area contributed by atoms with Gasteiger partial charge >= 0.3 is 0 Å². The lowest BCUT2D eigenvalue weighted by molar-refractivity contribution is 0.0108. The Hall–Kier alpha value is 0. The number of hydrogen-bond donors (Lipinski definition) is 0. The molecule has 12 heavy (non-hydrogen) atoms. The van der Waals surface area contributed by atoms with E-state index in [1.165, 1.54) is 44.9 Å². The minimum Gasteiger partial charge on any atom is -0.0620 e. The van der Waals surface area contributed by atoms with Crippen LogP contribution in [-0.4, -0.2) is 0 Å². The predicted octanol–water partition coefficient (Wildman–Crippen LogP) is 4.00. The third kappa shape index (κ3) is 1.20. The fourth-order valence-corrected chi connectivity index (χ4v) is 3.55. The minimum atomic E-state index is 0.733. The van der Waals surface area contributed by atoms with Crippen molar-refractivity contribution in [3.05, 3.63) is 0 Å². The Morgan fingerprint density at radius 3 is 2.50 bits per heavy atom. The molecule has 0 spiro atoms. The minimum absolute atomic E-state index is 0.733. The SMILES string of the molecule is C[C@H]1CCCC2CCCC[C@@]21C. The van der Waals surface area contributed by atoms with Gasteiger partial charge in [-0.2, -0.15) is 0 Å². The number of rotatable bonds is 0. The molecule has 0 saturated heterocycles. The molecule has 0 aromatic heterocycles. The molecule has 0 heteroatoms. The zero-order valence-electron chi connectivity index (χ0n) is 8.60. The highest BCUT2D eigenvalue weighted by molar-refractivity contribution is 4.92. The summed E-state index contributed by atoms with van der Waals surface area (Å²) >= 11 is 0. The molecule has 0 bridgehead atoms. The molecule has 1 unspecified atom stereocenters. The van der Waals surface area contributed by atoms with E-state index in [9.17, 15) is 0 Å². The van der Waals surface area contributed by atoms with Gasteiger partial charge in [-0.3, -0.25) is 0 Å². The van der Waals surface area contributed by atoms with E-state index in [0.29, 0.717) is 0 Å². The first-order chi connectivity index (χ1) is 5.73. The van der Waals surface area contributed by atoms with Crippen molar-refractivity contribution in [2.75, 3.05) is 0 Å². The maximum atomic E-state index is 2.56. The molecule has 0 amide bonds. The van der Waals surface area contributed by atoms with E-state index in [2.05, 4.69) is 13.8 Å². The van der Waals surface area contributed by atoms with Gasteiger partial charge in [0.15, 0.2) is 0 Å². The van der Waals surface area contributed by atoms with Crippen LogP contribution in [0.2, 0.25) is 0 Å². The second-order valence-electron chi connectivity index (χ2n) is 5.28. The van der Waals surface area contributed by atoms with Gasteiger partial charge in [0.1, 0.15) is 0 Å². The van der Waals surface area contributed by atoms with Crippen LogP contribution in [-0.2, 0) is 0 Å². The summed E-state index contributed by atoms with van der Waals surface area (Å²) in [5.74, 6) is 2.08. The van der Waals surface area contributed by atoms with Gasteiger partial charge in [-0.15, -0.1) is 0 Å². The third-order valence-corrected chi connectivity index (χ3v) is 4.77. The predicted molar refractivity (Wildman–Crippen MR) is 53.1 cm³/mol. The molecule has 0 heterocycles. The second kappa shape index (κ2) is 3.05. The quantitative estimate of drug-likeness (QED) is 0.510. The van der Waals surface area contributed by atoms with Gasteiger partial charge in [-0.1, -0.05) is 39.5 Å². The highest BCUT2D eigenvalue weighted by atomic mass is 14.5. The average molecular weight is 166 g/mol. The van der Waals surface area contributed by atoms with E-state index in [-0.39, 0.29) is 0 Å². The lowest BCUT2D eigenvalue weighted by atomic mass is 9.56. The molecule has 0 nitrogen and oxygen atoms in total. The van der Waals surface area contributed by atoms with Crippen molar-refractivity contribution >= 4 is 0 Å². The largest absolute Gasteiger partial charge is 0.0620 e. The van der Waals surface area contributed by atoms with Gasteiger partial charge in [0, 0.05) is 0 Å². The molecule has 0 radical (unpaired) electrons. The van der Waals surface area contributed by atoms with Gasteiger partial charge in [0.2, 0.25) is 0 Å². The summed E-state index contributed by atoms with van der Waals surface area (Å²) in [6.07, 6.45) is 10.6. The third-order valence-electron chi connectivity index (χ3n) is 4.77. The van der Waals surface area contributed by atoms with Crippen LogP contribution in [0.4, 0.5) is 0 Å². The summed E-state index contributed by atoms with van der Waals surface area (Å²) in [4.78, 5) is 0. The van der Waals surface area contributed by atoms with Gasteiger partial charge in [0.25, 0.3) is 0 Å². The molecule has 2 fully saturated rings. The lowest BCUT2D eigenvalue weighted by Crippen LogP contribution is -2.39. The Labute approximate surface area is 76.7 Å². The summed E-state index contributed by atoms with van der Waals surface area (Å²) in [7, 11) is 0. The smallest absolute Gasteiger partial charge is 0.0272 e. The van der Waals surface area contributed by atoms with E-state index in [1.807, 2.05) is 0 Å². The van der Waals surface area contributed by atoms with Crippen molar-refractivity contribution in [2.24, 2.45) is 17.3 Å². The molecule has 2 aliphatic rings. The topological polar surface area (TPSA) is 0 Å². The molecule has 0 aliphatic heterocycles. The molecule has 2 rings (SSSR count). The van der Waals surface area contributed by atoms with Crippen molar-refractivity contribution < 1.29 is 0 Å². The molecule has 3 atom stereocenters. The summed E-state index contributed by atoms with van der Waals surface area (Å²) in [5, 5.41) is 0. The van der Waals surface area contributed by atoms with E-state index in [4.69, 9.17) is 0 Å². The molecule has 2 saturated carbocycles. The number of hydrogen-bond acceptors (Lipinski definition) is 0. The molecule has 0 aromatic carbocycles. The van der Waals surface area contributed by atoms with E-state index < -0.39 is 0 Å². The molecular weight excluding hydrogens is 144 g/mol. The molecule has 0 aromatic rings. The highest BCUT2D eigenvalue weighted by Gasteiger charge is 2.42. The summed E-state index contributed by atoms with van der Waals surface area (Å²) < 4.78 is 0. The zero-order chi connectivity index (χ0) is 8.60. The highest BCUT2D eigenvalue weighted by Crippen LogP contribution is 2.52. The summed E-state index contributed by atoms with van der Waals surface area (Å²) in [5.41, 5.74) is 0.733. The Bertz CT molecular complexity index is 159. The Kier molecular flexibility index (Phi) is 2.18. The molecular formula is C12H22. The van der Waals surface area contributed by atoms with Gasteiger partial charge in [-0.25, -0.2) is 0 Å². The second-order valence-corrected chi connectivity index (χ2v) is 5.28. The van der Waals surface area contributed by atoms with Crippen LogP contribution < -0.4 is 0 Å². The van der Waals surface area contributed by atoms with Crippen molar-refractivity contribution in [3.8, 4) is 0 Å². The molecule has 0 N–H and O–H groups in total. The monoisotopic (exact) mass is 166 g/mol. The molecule has 70 valence electrons. The fraction of sp³-hybridized carbons (Fsp3) is 1.00. The standard InChI is InChI=1S/C12H22/c1-10-6-5-8-11-7-3-4-9-12(10,11)2/h10-11H,3-9H2,1-2H3/t10-,11?,12+/m0/s1. The first kappa shape index (κ1) is 8.59. The van der Waals surface area contributed by atoms with Crippen molar-refractivity contribution in [3.63, 3.8) is 0 Å². The van der Waals surface area contributed by atoms with Crippen LogP contribution in [0.25, 0.3) is 0 Å². The first-order valence-corrected chi connectivity index (χ1v) is 5.73. The number of fused-ring (bicyclic) bond motifs is 1. The van der Waals surface area contributed by atoms with E-state index in [1.54, 1.807) is 0 Å². The van der Waals surface area contributed by atoms with Crippen LogP contribution in [0.15, 0.2) is 0 Å². The first-order valence-electron chi connectivity index (χ1n) is 5.73. The van der Waals surface area contributed by atoms with Crippen LogP contribution >= 0.6 is 0 Å². The average Bonchev–Trinajstić information content (AvgIpc) is 2.07. The van der Waals surface area contributed by atoms with E-state index in [0.717, 1.165) is 17.3 Å². The van der Waals surface area contributed by atoms with Crippen LogP contribution in [0.1, 0.15) is 58.8 Å². The van der Waals surface area contributed by atoms with Crippen molar-refractivity contribution in [1.82, 2.24) is 0 Å². The normalized spacial score (nSPS) is 48.5. The van der Waals surface area contributed by atoms with Gasteiger partial charge in [0.05, 0.1) is 0 Å². The Balaban J connectivity index is 2.14. The Morgan fingerprint density at radius 1 is 1.00 bits per heavy atom. The molecule has 2 aliphatic carbocycles. The van der Waals surface area contributed by atoms with Gasteiger partial charge < -0.3 is 0 Å². The Morgan fingerprint density at radius 2 is 1.75 bits per heavy atom. The van der Waals surface area contributed by atoms with Crippen LogP contribution in [0.5, 0.6) is 0 Å². The van der Waals surface area contributed by atoms with E-state index >= 15 is 0 Å². The van der Waals surface area contributed by atoms with Crippen LogP contribution in [0, 0.1) is 17.3 Å². The fourth-order valence-electron chi connectivity index (χ4n) is 3.55. The summed E-state index contributed by atoms with van der Waals surface area (Å²) in [6.45, 7) is 5.04. The zero-order valence-corrected chi connectivity index (χ0v) is 8.60. The summed E-state index contributed by atoms with van der Waals surface area (Å²) in [6, 6.07) is 0.